The molecule has 4 amide bonds. The third kappa shape index (κ3) is 3.11. The Morgan fingerprint density at radius 3 is 2.42 bits per heavy atom. The molecule has 2 aliphatic rings. The number of hydrogen-bond acceptors (Lipinski definition) is 4. The molecular weight excluding hydrogens is 346 g/mol. The van der Waals surface area contributed by atoms with E-state index in [1.807, 2.05) is 6.92 Å². The number of rotatable bonds is 4. The van der Waals surface area contributed by atoms with Gasteiger partial charge in [0.15, 0.2) is 17.4 Å². The number of imide groups is 2. The number of carbonyl (C=O) groups is 4. The number of Topliss-reactive ketones (excluding diaryl/α,β-unsaturated/α-hetero) is 1. The summed E-state index contributed by atoms with van der Waals surface area (Å²) < 4.78 is 26.3. The fraction of sp³-hybridized carbons (Fsp3) is 0.444. The number of benzene rings is 1. The average molecular weight is 364 g/mol. The molecule has 1 saturated carbocycles. The second kappa shape index (κ2) is 6.93. The molecule has 2 atom stereocenters. The van der Waals surface area contributed by atoms with Gasteiger partial charge in [0.2, 0.25) is 0 Å². The summed E-state index contributed by atoms with van der Waals surface area (Å²) in [7, 11) is 0. The Bertz CT molecular complexity index is 795. The Labute approximate surface area is 148 Å². The van der Waals surface area contributed by atoms with E-state index in [1.165, 1.54) is 0 Å². The van der Waals surface area contributed by atoms with E-state index in [4.69, 9.17) is 0 Å². The van der Waals surface area contributed by atoms with Gasteiger partial charge in [-0.15, -0.1) is 0 Å². The zero-order valence-corrected chi connectivity index (χ0v) is 14.2. The van der Waals surface area contributed by atoms with E-state index in [-0.39, 0.29) is 17.5 Å². The maximum Gasteiger partial charge on any atom is 0.334 e. The van der Waals surface area contributed by atoms with Crippen molar-refractivity contribution in [3.63, 3.8) is 0 Å². The summed E-state index contributed by atoms with van der Waals surface area (Å²) in [6.07, 6.45) is 3.33. The van der Waals surface area contributed by atoms with Crippen LogP contribution in [0.4, 0.5) is 13.6 Å². The van der Waals surface area contributed by atoms with Crippen molar-refractivity contribution >= 4 is 23.6 Å². The van der Waals surface area contributed by atoms with Crippen LogP contribution in [0.15, 0.2) is 18.2 Å². The predicted octanol–water partition coefficient (Wildman–Crippen LogP) is 2.52. The summed E-state index contributed by atoms with van der Waals surface area (Å²) in [6, 6.07) is 1.36. The lowest BCUT2D eigenvalue weighted by Gasteiger charge is -2.34. The molecule has 0 radical (unpaired) electrons. The molecule has 26 heavy (non-hydrogen) atoms. The minimum atomic E-state index is -1.20. The second-order valence-corrected chi connectivity index (χ2v) is 6.73. The summed E-state index contributed by atoms with van der Waals surface area (Å²) in [5.41, 5.74) is -0.179. The van der Waals surface area contributed by atoms with Gasteiger partial charge < -0.3 is 0 Å². The highest BCUT2D eigenvalue weighted by molar-refractivity contribution is 6.45. The van der Waals surface area contributed by atoms with Crippen LogP contribution in [-0.4, -0.2) is 46.0 Å². The van der Waals surface area contributed by atoms with E-state index < -0.39 is 41.8 Å². The fourth-order valence-electron chi connectivity index (χ4n) is 3.54. The zero-order chi connectivity index (χ0) is 19.0. The number of halogens is 2. The Kier molecular flexibility index (Phi) is 4.84. The predicted molar refractivity (Wildman–Crippen MR) is 86.1 cm³/mol. The SMILES string of the molecule is C[C@@H]1CCCC[C@@H]1N1C(=O)C(=O)N(CC(=O)c2ccc(F)c(F)c2)C1=O. The van der Waals surface area contributed by atoms with E-state index in [9.17, 15) is 28.0 Å². The van der Waals surface area contributed by atoms with Gasteiger partial charge in [-0.2, -0.15) is 0 Å². The first kappa shape index (κ1) is 18.2. The lowest BCUT2D eigenvalue weighted by molar-refractivity contribution is -0.144. The van der Waals surface area contributed by atoms with Crippen LogP contribution in [0, 0.1) is 17.6 Å². The van der Waals surface area contributed by atoms with Crippen molar-refractivity contribution in [3.05, 3.63) is 35.4 Å². The molecule has 0 aromatic heterocycles. The van der Waals surface area contributed by atoms with Crippen LogP contribution >= 0.6 is 0 Å². The molecule has 1 aliphatic heterocycles. The third-order valence-corrected chi connectivity index (χ3v) is 5.03. The fourth-order valence-corrected chi connectivity index (χ4v) is 3.54. The molecule has 3 rings (SSSR count). The van der Waals surface area contributed by atoms with Crippen molar-refractivity contribution in [3.8, 4) is 0 Å². The number of urea groups is 1. The molecule has 1 aromatic carbocycles. The van der Waals surface area contributed by atoms with Crippen LogP contribution in [-0.2, 0) is 9.59 Å². The summed E-state index contributed by atoms with van der Waals surface area (Å²) in [5.74, 6) is -5.00. The maximum absolute atomic E-state index is 13.3. The van der Waals surface area contributed by atoms with Crippen LogP contribution in [0.5, 0.6) is 0 Å². The number of hydrogen-bond donors (Lipinski definition) is 0. The maximum atomic E-state index is 13.3. The molecular formula is C18H18F2N2O4. The lowest BCUT2D eigenvalue weighted by atomic mass is 9.85. The van der Waals surface area contributed by atoms with Crippen LogP contribution in [0.1, 0.15) is 43.0 Å². The van der Waals surface area contributed by atoms with Crippen molar-refractivity contribution in [2.45, 2.75) is 38.6 Å². The van der Waals surface area contributed by atoms with Gasteiger partial charge in [0.1, 0.15) is 0 Å². The molecule has 138 valence electrons. The first-order chi connectivity index (χ1) is 12.3. The molecule has 1 aromatic rings. The van der Waals surface area contributed by atoms with E-state index in [2.05, 4.69) is 0 Å². The number of amides is 4. The van der Waals surface area contributed by atoms with Crippen LogP contribution in [0.2, 0.25) is 0 Å². The summed E-state index contributed by atoms with van der Waals surface area (Å²) in [5, 5.41) is 0. The van der Waals surface area contributed by atoms with Crippen molar-refractivity contribution < 1.29 is 28.0 Å². The highest BCUT2D eigenvalue weighted by atomic mass is 19.2. The zero-order valence-electron chi connectivity index (χ0n) is 14.2. The topological polar surface area (TPSA) is 74.8 Å². The molecule has 0 spiro atoms. The minimum Gasteiger partial charge on any atom is -0.292 e. The number of nitrogens with zero attached hydrogens (tertiary/aromatic N) is 2. The number of carbonyl (C=O) groups excluding carboxylic acids is 4. The quantitative estimate of drug-likeness (QED) is 0.467. The second-order valence-electron chi connectivity index (χ2n) is 6.73. The van der Waals surface area contributed by atoms with Gasteiger partial charge in [-0.3, -0.25) is 19.3 Å². The van der Waals surface area contributed by atoms with E-state index >= 15 is 0 Å². The Morgan fingerprint density at radius 1 is 1.08 bits per heavy atom. The van der Waals surface area contributed by atoms with Crippen molar-refractivity contribution in [2.75, 3.05) is 6.54 Å². The van der Waals surface area contributed by atoms with Crippen LogP contribution < -0.4 is 0 Å². The minimum absolute atomic E-state index is 0.0753. The third-order valence-electron chi connectivity index (χ3n) is 5.03. The Morgan fingerprint density at radius 2 is 1.77 bits per heavy atom. The van der Waals surface area contributed by atoms with Gasteiger partial charge in [0.25, 0.3) is 0 Å². The molecule has 2 fully saturated rings. The van der Waals surface area contributed by atoms with Gasteiger partial charge >= 0.3 is 17.8 Å². The smallest absolute Gasteiger partial charge is 0.292 e. The van der Waals surface area contributed by atoms with Gasteiger partial charge in [-0.25, -0.2) is 18.5 Å². The summed E-state index contributed by atoms with van der Waals surface area (Å²) in [6.45, 7) is 1.23. The molecule has 1 saturated heterocycles. The number of ketones is 1. The van der Waals surface area contributed by atoms with Crippen molar-refractivity contribution in [1.29, 1.82) is 0 Å². The van der Waals surface area contributed by atoms with E-state index in [1.54, 1.807) is 0 Å². The van der Waals surface area contributed by atoms with Gasteiger partial charge in [0, 0.05) is 11.6 Å². The van der Waals surface area contributed by atoms with Crippen LogP contribution in [0.25, 0.3) is 0 Å². The highest BCUT2D eigenvalue weighted by Gasteiger charge is 2.49. The molecule has 0 unspecified atom stereocenters. The normalized spacial score (nSPS) is 23.7. The highest BCUT2D eigenvalue weighted by Crippen LogP contribution is 2.31. The molecule has 6 nitrogen and oxygen atoms in total. The standard InChI is InChI=1S/C18H18F2N2O4/c1-10-4-2-3-5-14(10)22-17(25)16(24)21(18(22)26)9-15(23)11-6-7-12(19)13(20)8-11/h6-8,10,14H,2-5,9H2,1H3/t10-,14+/m1/s1. The van der Waals surface area contributed by atoms with Gasteiger partial charge in [-0.05, 0) is 37.0 Å². The van der Waals surface area contributed by atoms with E-state index in [0.29, 0.717) is 17.4 Å². The van der Waals surface area contributed by atoms with E-state index in [0.717, 1.165) is 36.3 Å². The van der Waals surface area contributed by atoms with Gasteiger partial charge in [-0.1, -0.05) is 19.8 Å². The molecule has 1 aliphatic carbocycles. The first-order valence-electron chi connectivity index (χ1n) is 8.48. The Balaban J connectivity index is 1.78. The molecule has 1 heterocycles. The Hall–Kier alpha value is -2.64. The summed E-state index contributed by atoms with van der Waals surface area (Å²) >= 11 is 0. The lowest BCUT2D eigenvalue weighted by Crippen LogP contribution is -2.46. The average Bonchev–Trinajstić information content (AvgIpc) is 2.81. The molecule has 0 bridgehead atoms. The van der Waals surface area contributed by atoms with Crippen molar-refractivity contribution in [2.24, 2.45) is 5.92 Å². The first-order valence-corrected chi connectivity index (χ1v) is 8.48. The largest absolute Gasteiger partial charge is 0.334 e. The van der Waals surface area contributed by atoms with Crippen LogP contribution in [0.3, 0.4) is 0 Å². The molecule has 0 N–H and O–H groups in total. The van der Waals surface area contributed by atoms with Gasteiger partial charge in [0.05, 0.1) is 6.54 Å². The monoisotopic (exact) mass is 364 g/mol. The van der Waals surface area contributed by atoms with Crippen molar-refractivity contribution in [1.82, 2.24) is 9.80 Å². The molecule has 8 heteroatoms. The summed E-state index contributed by atoms with van der Waals surface area (Å²) in [4.78, 5) is 50.8.